The van der Waals surface area contributed by atoms with E-state index in [1.165, 1.54) is 5.56 Å². The number of pyridine rings is 1. The summed E-state index contributed by atoms with van der Waals surface area (Å²) in [4.78, 5) is 6.87. The average Bonchev–Trinajstić information content (AvgIpc) is 2.93. The SMILES string of the molecule is Cc1cc([C@@H](C)N)c2oc3c(N4CCOCC4)ccnc3c2c1. The van der Waals surface area contributed by atoms with Gasteiger partial charge in [-0.2, -0.15) is 0 Å². The van der Waals surface area contributed by atoms with Crippen LogP contribution in [0.15, 0.2) is 28.8 Å². The third kappa shape index (κ3) is 2.36. The van der Waals surface area contributed by atoms with Gasteiger partial charge in [0.05, 0.1) is 18.9 Å². The van der Waals surface area contributed by atoms with E-state index >= 15 is 0 Å². The molecule has 1 aromatic carbocycles. The predicted molar refractivity (Wildman–Crippen MR) is 91.9 cm³/mol. The lowest BCUT2D eigenvalue weighted by atomic mass is 10.0. The van der Waals surface area contributed by atoms with Gasteiger partial charge in [0.25, 0.3) is 0 Å². The third-order valence-corrected chi connectivity index (χ3v) is 4.45. The molecule has 0 radical (unpaired) electrons. The van der Waals surface area contributed by atoms with Crippen LogP contribution in [0.3, 0.4) is 0 Å². The Bertz CT molecular complexity index is 863. The van der Waals surface area contributed by atoms with Crippen LogP contribution in [0.5, 0.6) is 0 Å². The Morgan fingerprint density at radius 3 is 2.74 bits per heavy atom. The van der Waals surface area contributed by atoms with E-state index in [-0.39, 0.29) is 6.04 Å². The van der Waals surface area contributed by atoms with Crippen molar-refractivity contribution < 1.29 is 9.15 Å². The standard InChI is InChI=1S/C18H21N3O2/c1-11-9-13(12(2)19)17-14(10-11)16-18(23-17)15(3-4-20-16)21-5-7-22-8-6-21/h3-4,9-10,12H,5-8,19H2,1-2H3/t12-/m1/s1. The quantitative estimate of drug-likeness (QED) is 0.787. The number of fused-ring (bicyclic) bond motifs is 3. The summed E-state index contributed by atoms with van der Waals surface area (Å²) >= 11 is 0. The van der Waals surface area contributed by atoms with Crippen LogP contribution in [0, 0.1) is 6.92 Å². The number of anilines is 1. The fourth-order valence-electron chi connectivity index (χ4n) is 3.32. The second kappa shape index (κ2) is 5.51. The molecule has 0 spiro atoms. The van der Waals surface area contributed by atoms with Gasteiger partial charge < -0.3 is 19.8 Å². The number of hydrogen-bond acceptors (Lipinski definition) is 5. The molecular formula is C18H21N3O2. The molecule has 0 unspecified atom stereocenters. The first kappa shape index (κ1) is 14.5. The number of morpholine rings is 1. The first-order valence-electron chi connectivity index (χ1n) is 8.05. The second-order valence-corrected chi connectivity index (χ2v) is 6.23. The van der Waals surface area contributed by atoms with Crippen molar-refractivity contribution in [3.05, 3.63) is 35.5 Å². The average molecular weight is 311 g/mol. The van der Waals surface area contributed by atoms with Gasteiger partial charge in [-0.25, -0.2) is 0 Å². The largest absolute Gasteiger partial charge is 0.452 e. The maximum absolute atomic E-state index is 6.26. The van der Waals surface area contributed by atoms with E-state index in [0.717, 1.165) is 59.6 Å². The van der Waals surface area contributed by atoms with E-state index < -0.39 is 0 Å². The summed E-state index contributed by atoms with van der Waals surface area (Å²) in [6, 6.07) is 6.17. The highest BCUT2D eigenvalue weighted by atomic mass is 16.5. The molecule has 5 heteroatoms. The van der Waals surface area contributed by atoms with E-state index in [1.54, 1.807) is 0 Å². The molecule has 0 aliphatic carbocycles. The minimum Gasteiger partial charge on any atom is -0.452 e. The van der Waals surface area contributed by atoms with Gasteiger partial charge in [0, 0.05) is 36.3 Å². The summed E-state index contributed by atoms with van der Waals surface area (Å²) in [6.45, 7) is 7.29. The van der Waals surface area contributed by atoms with Crippen molar-refractivity contribution in [3.63, 3.8) is 0 Å². The maximum Gasteiger partial charge on any atom is 0.177 e. The van der Waals surface area contributed by atoms with Crippen LogP contribution < -0.4 is 10.6 Å². The van der Waals surface area contributed by atoms with Gasteiger partial charge in [-0.05, 0) is 31.5 Å². The molecule has 23 heavy (non-hydrogen) atoms. The van der Waals surface area contributed by atoms with Crippen molar-refractivity contribution in [2.75, 3.05) is 31.2 Å². The Morgan fingerprint density at radius 1 is 1.22 bits per heavy atom. The summed E-state index contributed by atoms with van der Waals surface area (Å²) in [7, 11) is 0. The second-order valence-electron chi connectivity index (χ2n) is 6.23. The third-order valence-electron chi connectivity index (χ3n) is 4.45. The van der Waals surface area contributed by atoms with Crippen molar-refractivity contribution in [2.45, 2.75) is 19.9 Å². The Kier molecular flexibility index (Phi) is 3.47. The summed E-state index contributed by atoms with van der Waals surface area (Å²) < 4.78 is 11.7. The molecule has 1 saturated heterocycles. The Labute approximate surface area is 135 Å². The molecule has 120 valence electrons. The number of nitrogens with two attached hydrogens (primary N) is 1. The number of nitrogens with zero attached hydrogens (tertiary/aromatic N) is 2. The Morgan fingerprint density at radius 2 is 2.00 bits per heavy atom. The number of aromatic nitrogens is 1. The van der Waals surface area contributed by atoms with Gasteiger partial charge in [-0.1, -0.05) is 6.07 Å². The fourth-order valence-corrected chi connectivity index (χ4v) is 3.32. The predicted octanol–water partition coefficient (Wildman–Crippen LogP) is 3.15. The molecule has 1 atom stereocenters. The highest BCUT2D eigenvalue weighted by Crippen LogP contribution is 2.37. The summed E-state index contributed by atoms with van der Waals surface area (Å²) in [5.74, 6) is 0. The highest BCUT2D eigenvalue weighted by Gasteiger charge is 2.20. The van der Waals surface area contributed by atoms with Gasteiger partial charge >= 0.3 is 0 Å². The molecule has 5 nitrogen and oxygen atoms in total. The van der Waals surface area contributed by atoms with Crippen molar-refractivity contribution in [1.82, 2.24) is 4.98 Å². The van der Waals surface area contributed by atoms with E-state index in [2.05, 4.69) is 28.9 Å². The van der Waals surface area contributed by atoms with Crippen molar-refractivity contribution in [3.8, 4) is 0 Å². The normalized spacial score (nSPS) is 17.1. The monoisotopic (exact) mass is 311 g/mol. The fraction of sp³-hybridized carbons (Fsp3) is 0.389. The zero-order valence-electron chi connectivity index (χ0n) is 13.5. The molecule has 1 fully saturated rings. The molecule has 1 aliphatic heterocycles. The van der Waals surface area contributed by atoms with E-state index in [1.807, 2.05) is 19.2 Å². The van der Waals surface area contributed by atoms with Gasteiger partial charge in [0.15, 0.2) is 5.58 Å². The highest BCUT2D eigenvalue weighted by molar-refractivity contribution is 6.07. The van der Waals surface area contributed by atoms with Crippen LogP contribution in [-0.4, -0.2) is 31.3 Å². The number of rotatable bonds is 2. The van der Waals surface area contributed by atoms with E-state index in [4.69, 9.17) is 14.9 Å². The van der Waals surface area contributed by atoms with Crippen LogP contribution in [0.2, 0.25) is 0 Å². The summed E-state index contributed by atoms with van der Waals surface area (Å²) in [5, 5.41) is 1.04. The van der Waals surface area contributed by atoms with Gasteiger partial charge in [0.1, 0.15) is 11.1 Å². The van der Waals surface area contributed by atoms with Crippen LogP contribution in [-0.2, 0) is 4.74 Å². The Hall–Kier alpha value is -2.11. The zero-order chi connectivity index (χ0) is 16.0. The van der Waals surface area contributed by atoms with Crippen LogP contribution in [0.4, 0.5) is 5.69 Å². The first-order chi connectivity index (χ1) is 11.1. The molecular weight excluding hydrogens is 290 g/mol. The van der Waals surface area contributed by atoms with Gasteiger partial charge in [-0.3, -0.25) is 4.98 Å². The van der Waals surface area contributed by atoms with Crippen LogP contribution in [0.1, 0.15) is 24.1 Å². The smallest absolute Gasteiger partial charge is 0.177 e. The molecule has 0 saturated carbocycles. The molecule has 2 N–H and O–H groups in total. The van der Waals surface area contributed by atoms with Crippen LogP contribution in [0.25, 0.3) is 22.1 Å². The van der Waals surface area contributed by atoms with Gasteiger partial charge in [-0.15, -0.1) is 0 Å². The molecule has 3 aromatic rings. The number of aryl methyl sites for hydroxylation is 1. The van der Waals surface area contributed by atoms with Crippen molar-refractivity contribution >= 4 is 27.8 Å². The van der Waals surface area contributed by atoms with E-state index in [9.17, 15) is 0 Å². The van der Waals surface area contributed by atoms with Crippen LogP contribution >= 0.6 is 0 Å². The van der Waals surface area contributed by atoms with E-state index in [0.29, 0.717) is 0 Å². The lowest BCUT2D eigenvalue weighted by molar-refractivity contribution is 0.123. The first-order valence-corrected chi connectivity index (χ1v) is 8.05. The minimum absolute atomic E-state index is 0.0789. The van der Waals surface area contributed by atoms with Crippen molar-refractivity contribution in [2.24, 2.45) is 5.73 Å². The molecule has 0 amide bonds. The lowest BCUT2D eigenvalue weighted by Gasteiger charge is -2.28. The van der Waals surface area contributed by atoms with Crippen molar-refractivity contribution in [1.29, 1.82) is 0 Å². The number of furan rings is 1. The Balaban J connectivity index is 1.99. The molecule has 4 rings (SSSR count). The van der Waals surface area contributed by atoms with Gasteiger partial charge in [0.2, 0.25) is 0 Å². The molecule has 2 aromatic heterocycles. The zero-order valence-corrected chi connectivity index (χ0v) is 13.5. The number of hydrogen-bond donors (Lipinski definition) is 1. The number of ether oxygens (including phenoxy) is 1. The minimum atomic E-state index is -0.0789. The maximum atomic E-state index is 6.26. The lowest BCUT2D eigenvalue weighted by Crippen LogP contribution is -2.36. The summed E-state index contributed by atoms with van der Waals surface area (Å²) in [6.07, 6.45) is 1.86. The molecule has 0 bridgehead atoms. The topological polar surface area (TPSA) is 64.5 Å². The molecule has 3 heterocycles. The summed E-state index contributed by atoms with van der Waals surface area (Å²) in [5.41, 5.74) is 12.0. The molecule has 1 aliphatic rings. The number of benzene rings is 1.